The lowest BCUT2D eigenvalue weighted by Gasteiger charge is -2.06. The minimum absolute atomic E-state index is 0.686. The first-order chi connectivity index (χ1) is 8.24. The highest BCUT2D eigenvalue weighted by Crippen LogP contribution is 2.20. The van der Waals surface area contributed by atoms with E-state index < -0.39 is 0 Å². The van der Waals surface area contributed by atoms with E-state index in [4.69, 9.17) is 27.9 Å². The number of nitrogens with one attached hydrogen (secondary N) is 1. The van der Waals surface area contributed by atoms with Crippen molar-refractivity contribution in [2.45, 2.75) is 19.3 Å². The van der Waals surface area contributed by atoms with E-state index in [1.54, 1.807) is 13.2 Å². The van der Waals surface area contributed by atoms with Crippen LogP contribution in [-0.2, 0) is 11.2 Å². The number of hydrogen-bond donors (Lipinski definition) is 1. The van der Waals surface area contributed by atoms with Crippen LogP contribution in [0.1, 0.15) is 18.4 Å². The van der Waals surface area contributed by atoms with Crippen molar-refractivity contribution in [3.8, 4) is 0 Å². The van der Waals surface area contributed by atoms with Crippen LogP contribution in [0.15, 0.2) is 18.2 Å². The fraction of sp³-hybridized carbons (Fsp3) is 0.538. The van der Waals surface area contributed by atoms with Crippen molar-refractivity contribution in [1.82, 2.24) is 5.32 Å². The lowest BCUT2D eigenvalue weighted by Crippen LogP contribution is -2.18. The number of benzene rings is 1. The Hall–Kier alpha value is -0.280. The van der Waals surface area contributed by atoms with Crippen molar-refractivity contribution >= 4 is 23.2 Å². The third-order valence-electron chi connectivity index (χ3n) is 2.54. The molecule has 96 valence electrons. The Labute approximate surface area is 113 Å². The van der Waals surface area contributed by atoms with Gasteiger partial charge in [0.2, 0.25) is 0 Å². The zero-order chi connectivity index (χ0) is 12.5. The van der Waals surface area contributed by atoms with Gasteiger partial charge in [-0.25, -0.2) is 0 Å². The quantitative estimate of drug-likeness (QED) is 0.733. The lowest BCUT2D eigenvalue weighted by molar-refractivity contribution is 0.192. The summed E-state index contributed by atoms with van der Waals surface area (Å²) in [5, 5.41) is 4.82. The zero-order valence-electron chi connectivity index (χ0n) is 10.1. The van der Waals surface area contributed by atoms with Crippen LogP contribution in [0.2, 0.25) is 10.0 Å². The molecule has 0 spiro atoms. The van der Waals surface area contributed by atoms with Gasteiger partial charge < -0.3 is 10.1 Å². The van der Waals surface area contributed by atoms with Crippen LogP contribution in [0.5, 0.6) is 0 Å². The van der Waals surface area contributed by atoms with Crippen LogP contribution >= 0.6 is 23.2 Å². The largest absolute Gasteiger partial charge is 0.385 e. The SMILES string of the molecule is COCCCCNCCc1ccc(Cl)cc1Cl. The number of hydrogen-bond acceptors (Lipinski definition) is 2. The molecule has 0 aliphatic carbocycles. The summed E-state index contributed by atoms with van der Waals surface area (Å²) >= 11 is 11.9. The number of ether oxygens (including phenoxy) is 1. The van der Waals surface area contributed by atoms with Gasteiger partial charge in [-0.3, -0.25) is 0 Å². The third-order valence-corrected chi connectivity index (χ3v) is 3.13. The summed E-state index contributed by atoms with van der Waals surface area (Å²) in [6.45, 7) is 2.80. The van der Waals surface area contributed by atoms with Crippen molar-refractivity contribution in [2.75, 3.05) is 26.8 Å². The topological polar surface area (TPSA) is 21.3 Å². The highest BCUT2D eigenvalue weighted by atomic mass is 35.5. The Kier molecular flexibility index (Phi) is 7.62. The van der Waals surface area contributed by atoms with Crippen LogP contribution in [0.25, 0.3) is 0 Å². The first-order valence-corrected chi connectivity index (χ1v) is 6.63. The van der Waals surface area contributed by atoms with Gasteiger partial charge in [-0.1, -0.05) is 29.3 Å². The van der Waals surface area contributed by atoms with Crippen molar-refractivity contribution in [1.29, 1.82) is 0 Å². The van der Waals surface area contributed by atoms with Crippen LogP contribution in [0.3, 0.4) is 0 Å². The van der Waals surface area contributed by atoms with Gasteiger partial charge in [0.05, 0.1) is 0 Å². The van der Waals surface area contributed by atoms with E-state index in [-0.39, 0.29) is 0 Å². The Morgan fingerprint density at radius 3 is 2.71 bits per heavy atom. The second kappa shape index (κ2) is 8.76. The number of halogens is 2. The lowest BCUT2D eigenvalue weighted by atomic mass is 10.1. The fourth-order valence-electron chi connectivity index (χ4n) is 1.57. The molecule has 0 bridgehead atoms. The van der Waals surface area contributed by atoms with E-state index in [9.17, 15) is 0 Å². The molecule has 0 radical (unpaired) electrons. The molecule has 0 aromatic heterocycles. The highest BCUT2D eigenvalue weighted by molar-refractivity contribution is 6.35. The van der Waals surface area contributed by atoms with Gasteiger partial charge in [0.25, 0.3) is 0 Å². The van der Waals surface area contributed by atoms with Crippen molar-refractivity contribution in [3.05, 3.63) is 33.8 Å². The van der Waals surface area contributed by atoms with E-state index in [0.29, 0.717) is 5.02 Å². The van der Waals surface area contributed by atoms with Crippen molar-refractivity contribution in [3.63, 3.8) is 0 Å². The van der Waals surface area contributed by atoms with Crippen LogP contribution in [0, 0.1) is 0 Å². The molecule has 1 aromatic rings. The van der Waals surface area contributed by atoms with Gasteiger partial charge in [0, 0.05) is 23.8 Å². The van der Waals surface area contributed by atoms with Crippen LogP contribution in [-0.4, -0.2) is 26.8 Å². The molecular formula is C13H19Cl2NO. The van der Waals surface area contributed by atoms with Gasteiger partial charge in [0.15, 0.2) is 0 Å². The maximum Gasteiger partial charge on any atom is 0.0462 e. The second-order valence-electron chi connectivity index (χ2n) is 3.94. The monoisotopic (exact) mass is 275 g/mol. The average Bonchev–Trinajstić information content (AvgIpc) is 2.30. The Morgan fingerprint density at radius 2 is 2.00 bits per heavy atom. The fourth-order valence-corrected chi connectivity index (χ4v) is 2.07. The third kappa shape index (κ3) is 6.27. The van der Waals surface area contributed by atoms with Gasteiger partial charge in [-0.2, -0.15) is 0 Å². The molecule has 0 unspecified atom stereocenters. The number of unbranched alkanes of at least 4 members (excludes halogenated alkanes) is 1. The Balaban J connectivity index is 2.14. The zero-order valence-corrected chi connectivity index (χ0v) is 11.7. The number of rotatable bonds is 8. The van der Waals surface area contributed by atoms with Crippen LogP contribution in [0.4, 0.5) is 0 Å². The molecule has 0 atom stereocenters. The average molecular weight is 276 g/mol. The van der Waals surface area contributed by atoms with E-state index in [2.05, 4.69) is 5.32 Å². The molecule has 0 amide bonds. The van der Waals surface area contributed by atoms with Gasteiger partial charge in [-0.15, -0.1) is 0 Å². The van der Waals surface area contributed by atoms with E-state index in [0.717, 1.165) is 49.5 Å². The standard InChI is InChI=1S/C13H19Cl2NO/c1-17-9-3-2-7-16-8-6-11-4-5-12(14)10-13(11)15/h4-5,10,16H,2-3,6-9H2,1H3. The number of methoxy groups -OCH3 is 1. The molecule has 0 heterocycles. The van der Waals surface area contributed by atoms with Crippen molar-refractivity contribution in [2.24, 2.45) is 0 Å². The molecular weight excluding hydrogens is 257 g/mol. The first kappa shape index (κ1) is 14.8. The Morgan fingerprint density at radius 1 is 1.18 bits per heavy atom. The molecule has 0 saturated carbocycles. The minimum Gasteiger partial charge on any atom is -0.385 e. The smallest absolute Gasteiger partial charge is 0.0462 e. The predicted octanol–water partition coefficient (Wildman–Crippen LogP) is 3.55. The molecule has 4 heteroatoms. The summed E-state index contributed by atoms with van der Waals surface area (Å²) < 4.78 is 4.99. The normalized spacial score (nSPS) is 10.8. The maximum absolute atomic E-state index is 6.08. The second-order valence-corrected chi connectivity index (χ2v) is 4.78. The molecule has 1 rings (SSSR count). The molecule has 2 nitrogen and oxygen atoms in total. The predicted molar refractivity (Wildman–Crippen MR) is 74.1 cm³/mol. The molecule has 0 fully saturated rings. The summed E-state index contributed by atoms with van der Waals surface area (Å²) in [6.07, 6.45) is 3.17. The van der Waals surface area contributed by atoms with E-state index >= 15 is 0 Å². The highest BCUT2D eigenvalue weighted by Gasteiger charge is 2.00. The minimum atomic E-state index is 0.686. The molecule has 17 heavy (non-hydrogen) atoms. The van der Waals surface area contributed by atoms with E-state index in [1.165, 1.54) is 0 Å². The molecule has 0 aliphatic rings. The van der Waals surface area contributed by atoms with Gasteiger partial charge in [-0.05, 0) is 50.0 Å². The maximum atomic E-state index is 6.08. The van der Waals surface area contributed by atoms with Crippen LogP contribution < -0.4 is 5.32 Å². The van der Waals surface area contributed by atoms with E-state index in [1.807, 2.05) is 12.1 Å². The molecule has 0 saturated heterocycles. The Bertz CT molecular complexity index is 331. The molecule has 0 aliphatic heterocycles. The summed E-state index contributed by atoms with van der Waals surface area (Å²) in [4.78, 5) is 0. The summed E-state index contributed by atoms with van der Waals surface area (Å²) in [5.74, 6) is 0. The first-order valence-electron chi connectivity index (χ1n) is 5.87. The summed E-state index contributed by atoms with van der Waals surface area (Å²) in [5.41, 5.74) is 1.14. The molecule has 1 aromatic carbocycles. The summed E-state index contributed by atoms with van der Waals surface area (Å²) in [7, 11) is 1.73. The van der Waals surface area contributed by atoms with Gasteiger partial charge in [0.1, 0.15) is 0 Å². The van der Waals surface area contributed by atoms with Crippen molar-refractivity contribution < 1.29 is 4.74 Å². The van der Waals surface area contributed by atoms with Gasteiger partial charge >= 0.3 is 0 Å². The summed E-state index contributed by atoms with van der Waals surface area (Å²) in [6, 6.07) is 5.65. The molecule has 1 N–H and O–H groups in total.